The number of esters is 1. The average molecular weight is 481 g/mol. The lowest BCUT2D eigenvalue weighted by Crippen LogP contribution is -2.18. The summed E-state index contributed by atoms with van der Waals surface area (Å²) in [7, 11) is -4.15. The van der Waals surface area contributed by atoms with Crippen LogP contribution in [0, 0.1) is 13.8 Å². The number of aromatic amines is 1. The van der Waals surface area contributed by atoms with Crippen LogP contribution in [0.3, 0.4) is 0 Å². The van der Waals surface area contributed by atoms with Gasteiger partial charge in [0.2, 0.25) is 0 Å². The largest absolute Gasteiger partial charge is 0.462 e. The Morgan fingerprint density at radius 3 is 2.56 bits per heavy atom. The number of H-pyrrole nitrogens is 1. The summed E-state index contributed by atoms with van der Waals surface area (Å²) in [4.78, 5) is 27.7. The lowest BCUT2D eigenvalue weighted by atomic mass is 10.2. The molecule has 0 atom stereocenters. The Kier molecular flexibility index (Phi) is 6.56. The molecule has 0 saturated carbocycles. The molecule has 0 unspecified atom stereocenters. The molecule has 4 aromatic rings. The maximum atomic E-state index is 12.9. The summed E-state index contributed by atoms with van der Waals surface area (Å²) in [5, 5.41) is 0. The maximum Gasteiger partial charge on any atom is 0.341 e. The first kappa shape index (κ1) is 23.3. The van der Waals surface area contributed by atoms with Crippen LogP contribution in [0.15, 0.2) is 76.4 Å². The lowest BCUT2D eigenvalue weighted by Gasteiger charge is -2.13. The molecule has 0 saturated heterocycles. The standard InChI is InChI=1S/C25H24N2O6S/c1-17-12-13-18(2)23(16-17)34(30,31)33-22-11-6-3-8-19(22)24(28)32-15-7-14-27-21-10-5-4-9-20(21)26-25(27)29/h3-6,8-13,16H,7,14-15H2,1-2H3,(H,26,29). The minimum Gasteiger partial charge on any atom is -0.462 e. The second kappa shape index (κ2) is 9.56. The monoisotopic (exact) mass is 480 g/mol. The van der Waals surface area contributed by atoms with Gasteiger partial charge >= 0.3 is 21.8 Å². The van der Waals surface area contributed by atoms with E-state index in [2.05, 4.69) is 4.98 Å². The summed E-state index contributed by atoms with van der Waals surface area (Å²) >= 11 is 0. The molecule has 176 valence electrons. The van der Waals surface area contributed by atoms with Gasteiger partial charge < -0.3 is 13.9 Å². The van der Waals surface area contributed by atoms with Crippen LogP contribution in [0.5, 0.6) is 5.75 Å². The number of fused-ring (bicyclic) bond motifs is 1. The number of aryl methyl sites for hydroxylation is 3. The van der Waals surface area contributed by atoms with Gasteiger partial charge in [0.1, 0.15) is 10.5 Å². The van der Waals surface area contributed by atoms with Gasteiger partial charge in [0.15, 0.2) is 5.75 Å². The fourth-order valence-electron chi connectivity index (χ4n) is 3.64. The summed E-state index contributed by atoms with van der Waals surface area (Å²) in [6, 6.07) is 18.4. The molecule has 1 N–H and O–H groups in total. The molecule has 0 fully saturated rings. The molecule has 0 aliphatic carbocycles. The highest BCUT2D eigenvalue weighted by molar-refractivity contribution is 7.87. The molecule has 3 aromatic carbocycles. The van der Waals surface area contributed by atoms with Crippen molar-refractivity contribution >= 4 is 27.1 Å². The number of aromatic nitrogens is 2. The van der Waals surface area contributed by atoms with Crippen molar-refractivity contribution in [2.45, 2.75) is 31.7 Å². The number of benzene rings is 3. The number of carbonyl (C=O) groups excluding carboxylic acids is 1. The van der Waals surface area contributed by atoms with Gasteiger partial charge in [-0.3, -0.25) is 4.57 Å². The number of rotatable bonds is 8. The van der Waals surface area contributed by atoms with E-state index in [1.807, 2.05) is 30.3 Å². The van der Waals surface area contributed by atoms with E-state index in [0.717, 1.165) is 16.6 Å². The number of nitrogens with zero attached hydrogens (tertiary/aromatic N) is 1. The quantitative estimate of drug-likeness (QED) is 0.232. The maximum absolute atomic E-state index is 12.9. The molecule has 1 aromatic heterocycles. The molecular formula is C25H24N2O6S. The van der Waals surface area contributed by atoms with Gasteiger partial charge in [-0.25, -0.2) is 9.59 Å². The van der Waals surface area contributed by atoms with E-state index in [9.17, 15) is 18.0 Å². The highest BCUT2D eigenvalue weighted by atomic mass is 32.2. The highest BCUT2D eigenvalue weighted by Crippen LogP contribution is 2.26. The van der Waals surface area contributed by atoms with Crippen molar-refractivity contribution < 1.29 is 22.1 Å². The second-order valence-electron chi connectivity index (χ2n) is 7.89. The molecule has 8 nitrogen and oxygen atoms in total. The van der Waals surface area contributed by atoms with E-state index in [0.29, 0.717) is 18.5 Å². The summed E-state index contributed by atoms with van der Waals surface area (Å²) in [6.45, 7) is 3.86. The van der Waals surface area contributed by atoms with Crippen molar-refractivity contribution in [3.8, 4) is 5.75 Å². The molecule has 0 amide bonds. The van der Waals surface area contributed by atoms with Crippen LogP contribution < -0.4 is 9.87 Å². The molecule has 1 heterocycles. The fourth-order valence-corrected chi connectivity index (χ4v) is 4.91. The van der Waals surface area contributed by atoms with Gasteiger partial charge in [-0.05, 0) is 61.7 Å². The summed E-state index contributed by atoms with van der Waals surface area (Å²) in [5.74, 6) is -0.820. The first-order valence-electron chi connectivity index (χ1n) is 10.7. The zero-order valence-electron chi connectivity index (χ0n) is 18.8. The smallest absolute Gasteiger partial charge is 0.341 e. The van der Waals surface area contributed by atoms with E-state index in [4.69, 9.17) is 8.92 Å². The Balaban J connectivity index is 1.44. The van der Waals surface area contributed by atoms with Gasteiger partial charge in [0.25, 0.3) is 0 Å². The van der Waals surface area contributed by atoms with Crippen molar-refractivity contribution in [1.29, 1.82) is 0 Å². The third-order valence-corrected chi connectivity index (χ3v) is 6.74. The van der Waals surface area contributed by atoms with Crippen LogP contribution in [0.25, 0.3) is 11.0 Å². The zero-order chi connectivity index (χ0) is 24.3. The van der Waals surface area contributed by atoms with Crippen LogP contribution in [-0.2, 0) is 21.4 Å². The average Bonchev–Trinajstić information content (AvgIpc) is 3.13. The number of ether oxygens (including phenoxy) is 1. The van der Waals surface area contributed by atoms with E-state index in [-0.39, 0.29) is 28.5 Å². The van der Waals surface area contributed by atoms with Gasteiger partial charge in [0.05, 0.1) is 17.6 Å². The van der Waals surface area contributed by atoms with Crippen molar-refractivity contribution in [3.63, 3.8) is 0 Å². The van der Waals surface area contributed by atoms with Crippen LogP contribution in [0.1, 0.15) is 27.9 Å². The van der Waals surface area contributed by atoms with Gasteiger partial charge in [0, 0.05) is 6.54 Å². The number of para-hydroxylation sites is 3. The molecule has 0 aliphatic rings. The molecule has 0 aliphatic heterocycles. The van der Waals surface area contributed by atoms with Crippen molar-refractivity contribution in [3.05, 3.63) is 93.9 Å². The molecule has 0 radical (unpaired) electrons. The normalized spacial score (nSPS) is 11.5. The number of imidazole rings is 1. The van der Waals surface area contributed by atoms with Gasteiger partial charge in [-0.15, -0.1) is 0 Å². The SMILES string of the molecule is Cc1ccc(C)c(S(=O)(=O)Oc2ccccc2C(=O)OCCCn2c(=O)[nH]c3ccccc32)c1. The summed E-state index contributed by atoms with van der Waals surface area (Å²) in [6.07, 6.45) is 0.400. The second-order valence-corrected chi connectivity index (χ2v) is 9.41. The van der Waals surface area contributed by atoms with Crippen LogP contribution in [-0.4, -0.2) is 30.5 Å². The molecule has 34 heavy (non-hydrogen) atoms. The Morgan fingerprint density at radius 1 is 1.00 bits per heavy atom. The highest BCUT2D eigenvalue weighted by Gasteiger charge is 2.23. The minimum absolute atomic E-state index is 0.000595. The lowest BCUT2D eigenvalue weighted by molar-refractivity contribution is 0.0494. The molecule has 4 rings (SSSR count). The summed E-state index contributed by atoms with van der Waals surface area (Å²) in [5.41, 5.74) is 2.59. The summed E-state index contributed by atoms with van der Waals surface area (Å²) < 4.78 is 38.0. The third kappa shape index (κ3) is 4.89. The minimum atomic E-state index is -4.15. The predicted molar refractivity (Wildman–Crippen MR) is 128 cm³/mol. The number of carbonyl (C=O) groups is 1. The number of nitrogens with one attached hydrogen (secondary N) is 1. The Morgan fingerprint density at radius 2 is 1.74 bits per heavy atom. The van der Waals surface area contributed by atoms with Crippen molar-refractivity contribution in [2.75, 3.05) is 6.61 Å². The Hall–Kier alpha value is -3.85. The van der Waals surface area contributed by atoms with E-state index in [1.165, 1.54) is 18.2 Å². The first-order chi connectivity index (χ1) is 16.3. The molecule has 9 heteroatoms. The molecule has 0 spiro atoms. The van der Waals surface area contributed by atoms with E-state index >= 15 is 0 Å². The van der Waals surface area contributed by atoms with E-state index in [1.54, 1.807) is 36.6 Å². The van der Waals surface area contributed by atoms with E-state index < -0.39 is 16.1 Å². The van der Waals surface area contributed by atoms with Crippen LogP contribution >= 0.6 is 0 Å². The Bertz CT molecular complexity index is 1520. The number of hydrogen-bond acceptors (Lipinski definition) is 6. The fraction of sp³-hybridized carbons (Fsp3) is 0.200. The molecule has 0 bridgehead atoms. The molecular weight excluding hydrogens is 456 g/mol. The third-order valence-electron chi connectivity index (χ3n) is 5.36. The topological polar surface area (TPSA) is 107 Å². The van der Waals surface area contributed by atoms with Gasteiger partial charge in [-0.1, -0.05) is 36.4 Å². The predicted octanol–water partition coefficient (Wildman–Crippen LogP) is 3.96. The van der Waals surface area contributed by atoms with Crippen molar-refractivity contribution in [1.82, 2.24) is 9.55 Å². The first-order valence-corrected chi connectivity index (χ1v) is 12.1. The van der Waals surface area contributed by atoms with Crippen LogP contribution in [0.2, 0.25) is 0 Å². The zero-order valence-corrected chi connectivity index (χ0v) is 19.6. The Labute approximate surface area is 196 Å². The van der Waals surface area contributed by atoms with Crippen LogP contribution in [0.4, 0.5) is 0 Å². The van der Waals surface area contributed by atoms with Crippen molar-refractivity contribution in [2.24, 2.45) is 0 Å². The number of hydrogen-bond donors (Lipinski definition) is 1. The van der Waals surface area contributed by atoms with Gasteiger partial charge in [-0.2, -0.15) is 8.42 Å².